The number of aliphatic hydroxyl groups is 2. The molecular weight excluding hydrogens is 278 g/mol. The summed E-state index contributed by atoms with van der Waals surface area (Å²) in [5.41, 5.74) is 0.698. The van der Waals surface area contributed by atoms with E-state index < -0.39 is 16.1 Å². The van der Waals surface area contributed by atoms with Gasteiger partial charge in [0.25, 0.3) is 0 Å². The minimum Gasteiger partial charge on any atom is -0.396 e. The molecule has 2 atom stereocenters. The van der Waals surface area contributed by atoms with Gasteiger partial charge < -0.3 is 10.2 Å². The Morgan fingerprint density at radius 1 is 1.35 bits per heavy atom. The SMILES string of the molecule is CC(O)c1ccc(S(=O)(=O)N2CCC(CCO)C2)cc1. The largest absolute Gasteiger partial charge is 0.396 e. The van der Waals surface area contributed by atoms with Gasteiger partial charge in [-0.15, -0.1) is 0 Å². The van der Waals surface area contributed by atoms with Crippen molar-refractivity contribution in [1.82, 2.24) is 4.31 Å². The Labute approximate surface area is 119 Å². The third kappa shape index (κ3) is 3.20. The molecule has 5 nitrogen and oxygen atoms in total. The van der Waals surface area contributed by atoms with E-state index in [1.54, 1.807) is 19.1 Å². The van der Waals surface area contributed by atoms with Gasteiger partial charge in [-0.05, 0) is 43.4 Å². The van der Waals surface area contributed by atoms with Gasteiger partial charge in [0.1, 0.15) is 0 Å². The Kier molecular flexibility index (Phi) is 4.80. The second-order valence-electron chi connectivity index (χ2n) is 5.28. The second-order valence-corrected chi connectivity index (χ2v) is 7.21. The summed E-state index contributed by atoms with van der Waals surface area (Å²) < 4.78 is 26.4. The molecule has 1 aliphatic rings. The van der Waals surface area contributed by atoms with Gasteiger partial charge in [-0.2, -0.15) is 4.31 Å². The Morgan fingerprint density at radius 2 is 2.00 bits per heavy atom. The molecule has 2 N–H and O–H groups in total. The summed E-state index contributed by atoms with van der Waals surface area (Å²) in [4.78, 5) is 0.256. The van der Waals surface area contributed by atoms with E-state index in [0.29, 0.717) is 25.1 Å². The zero-order valence-electron chi connectivity index (χ0n) is 11.6. The number of hydrogen-bond donors (Lipinski definition) is 2. The number of aliphatic hydroxyl groups excluding tert-OH is 2. The van der Waals surface area contributed by atoms with Crippen LogP contribution in [0.3, 0.4) is 0 Å². The van der Waals surface area contributed by atoms with E-state index in [1.165, 1.54) is 16.4 Å². The lowest BCUT2D eigenvalue weighted by molar-refractivity contribution is 0.199. The maximum absolute atomic E-state index is 12.5. The normalized spacial score (nSPS) is 22.1. The quantitative estimate of drug-likeness (QED) is 0.854. The fourth-order valence-corrected chi connectivity index (χ4v) is 4.03. The van der Waals surface area contributed by atoms with E-state index in [9.17, 15) is 13.5 Å². The highest BCUT2D eigenvalue weighted by atomic mass is 32.2. The first kappa shape index (κ1) is 15.4. The van der Waals surface area contributed by atoms with Crippen LogP contribution >= 0.6 is 0 Å². The molecule has 1 fully saturated rings. The van der Waals surface area contributed by atoms with Crippen LogP contribution in [0.4, 0.5) is 0 Å². The summed E-state index contributed by atoms with van der Waals surface area (Å²) in [6.07, 6.45) is 0.839. The van der Waals surface area contributed by atoms with E-state index in [-0.39, 0.29) is 17.4 Å². The van der Waals surface area contributed by atoms with Crippen LogP contribution in [0.5, 0.6) is 0 Å². The second kappa shape index (κ2) is 6.22. The topological polar surface area (TPSA) is 77.8 Å². The van der Waals surface area contributed by atoms with Crippen molar-refractivity contribution in [3.63, 3.8) is 0 Å². The molecule has 0 radical (unpaired) electrons. The maximum Gasteiger partial charge on any atom is 0.243 e. The van der Waals surface area contributed by atoms with E-state index >= 15 is 0 Å². The van der Waals surface area contributed by atoms with Gasteiger partial charge in [0.15, 0.2) is 0 Å². The zero-order valence-corrected chi connectivity index (χ0v) is 12.4. The minimum absolute atomic E-state index is 0.0988. The van der Waals surface area contributed by atoms with Crippen molar-refractivity contribution < 1.29 is 18.6 Å². The van der Waals surface area contributed by atoms with Crippen LogP contribution in [0, 0.1) is 5.92 Å². The number of benzene rings is 1. The highest BCUT2D eigenvalue weighted by Crippen LogP contribution is 2.26. The Bertz CT molecular complexity index is 539. The highest BCUT2D eigenvalue weighted by Gasteiger charge is 2.32. The van der Waals surface area contributed by atoms with E-state index in [2.05, 4.69) is 0 Å². The van der Waals surface area contributed by atoms with Crippen molar-refractivity contribution in [2.45, 2.75) is 30.8 Å². The molecular formula is C14H21NO4S. The number of hydrogen-bond acceptors (Lipinski definition) is 4. The molecule has 0 saturated carbocycles. The van der Waals surface area contributed by atoms with Crippen molar-refractivity contribution in [3.8, 4) is 0 Å². The van der Waals surface area contributed by atoms with E-state index in [4.69, 9.17) is 5.11 Å². The average molecular weight is 299 g/mol. The van der Waals surface area contributed by atoms with Gasteiger partial charge in [0, 0.05) is 19.7 Å². The average Bonchev–Trinajstić information content (AvgIpc) is 2.88. The molecule has 112 valence electrons. The van der Waals surface area contributed by atoms with Crippen LogP contribution in [0.25, 0.3) is 0 Å². The summed E-state index contributed by atoms with van der Waals surface area (Å²) >= 11 is 0. The van der Waals surface area contributed by atoms with E-state index in [0.717, 1.165) is 6.42 Å². The smallest absolute Gasteiger partial charge is 0.243 e. The molecule has 0 aromatic heterocycles. The van der Waals surface area contributed by atoms with Crippen molar-refractivity contribution >= 4 is 10.0 Å². The molecule has 1 aromatic rings. The third-order valence-corrected chi connectivity index (χ3v) is 5.67. The lowest BCUT2D eigenvalue weighted by Gasteiger charge is -2.17. The molecule has 6 heteroatoms. The number of sulfonamides is 1. The van der Waals surface area contributed by atoms with Crippen molar-refractivity contribution in [3.05, 3.63) is 29.8 Å². The monoisotopic (exact) mass is 299 g/mol. The number of rotatable bonds is 5. The minimum atomic E-state index is -3.46. The fraction of sp³-hybridized carbons (Fsp3) is 0.571. The predicted octanol–water partition coefficient (Wildman–Crippen LogP) is 1.13. The van der Waals surface area contributed by atoms with Gasteiger partial charge in [-0.3, -0.25) is 0 Å². The molecule has 1 saturated heterocycles. The van der Waals surface area contributed by atoms with Gasteiger partial charge in [-0.1, -0.05) is 12.1 Å². The molecule has 2 unspecified atom stereocenters. The summed E-state index contributed by atoms with van der Waals surface area (Å²) in [5, 5.41) is 18.4. The van der Waals surface area contributed by atoms with Gasteiger partial charge >= 0.3 is 0 Å². The summed E-state index contributed by atoms with van der Waals surface area (Å²) in [6, 6.07) is 6.35. The molecule has 0 amide bonds. The summed E-state index contributed by atoms with van der Waals surface area (Å²) in [5.74, 6) is 0.242. The molecule has 0 spiro atoms. The lowest BCUT2D eigenvalue weighted by Crippen LogP contribution is -2.29. The van der Waals surface area contributed by atoms with Crippen LogP contribution < -0.4 is 0 Å². The van der Waals surface area contributed by atoms with Crippen LogP contribution in [0.2, 0.25) is 0 Å². The Balaban J connectivity index is 2.14. The molecule has 2 rings (SSSR count). The van der Waals surface area contributed by atoms with Gasteiger partial charge in [-0.25, -0.2) is 8.42 Å². The van der Waals surface area contributed by atoms with Crippen molar-refractivity contribution in [2.24, 2.45) is 5.92 Å². The summed E-state index contributed by atoms with van der Waals surface area (Å²) in [6.45, 7) is 2.72. The van der Waals surface area contributed by atoms with Crippen LogP contribution in [-0.2, 0) is 10.0 Å². The predicted molar refractivity (Wildman–Crippen MR) is 75.6 cm³/mol. The van der Waals surface area contributed by atoms with Crippen LogP contribution in [-0.4, -0.2) is 42.6 Å². The Hall–Kier alpha value is -0.950. The first-order valence-corrected chi connectivity index (χ1v) is 8.28. The third-order valence-electron chi connectivity index (χ3n) is 3.79. The van der Waals surface area contributed by atoms with Gasteiger partial charge in [0.05, 0.1) is 11.0 Å². The molecule has 0 bridgehead atoms. The van der Waals surface area contributed by atoms with Gasteiger partial charge in [0.2, 0.25) is 10.0 Å². The van der Waals surface area contributed by atoms with Crippen LogP contribution in [0.1, 0.15) is 31.4 Å². The van der Waals surface area contributed by atoms with E-state index in [1.807, 2.05) is 0 Å². The molecule has 20 heavy (non-hydrogen) atoms. The molecule has 1 aliphatic heterocycles. The van der Waals surface area contributed by atoms with Crippen molar-refractivity contribution in [1.29, 1.82) is 0 Å². The summed E-state index contributed by atoms with van der Waals surface area (Å²) in [7, 11) is -3.46. The lowest BCUT2D eigenvalue weighted by atomic mass is 10.1. The molecule has 1 heterocycles. The fourth-order valence-electron chi connectivity index (χ4n) is 2.50. The Morgan fingerprint density at radius 3 is 2.55 bits per heavy atom. The molecule has 1 aromatic carbocycles. The first-order chi connectivity index (χ1) is 9.45. The maximum atomic E-state index is 12.5. The van der Waals surface area contributed by atoms with Crippen LogP contribution in [0.15, 0.2) is 29.2 Å². The zero-order chi connectivity index (χ0) is 14.8. The first-order valence-electron chi connectivity index (χ1n) is 6.84. The standard InChI is InChI=1S/C14H21NO4S/c1-11(17)13-2-4-14(5-3-13)20(18,19)15-8-6-12(10-15)7-9-16/h2-5,11-12,16-17H,6-10H2,1H3. The molecule has 0 aliphatic carbocycles. The highest BCUT2D eigenvalue weighted by molar-refractivity contribution is 7.89. The number of nitrogens with zero attached hydrogens (tertiary/aromatic N) is 1. The van der Waals surface area contributed by atoms with Crippen molar-refractivity contribution in [2.75, 3.05) is 19.7 Å².